The molecule has 26 heavy (non-hydrogen) atoms. The second kappa shape index (κ2) is 8.47. The molecular weight excluding hydrogens is 354 g/mol. The van der Waals surface area contributed by atoms with Crippen LogP contribution < -0.4 is 0 Å². The van der Waals surface area contributed by atoms with Crippen LogP contribution >= 0.6 is 11.6 Å². The van der Waals surface area contributed by atoms with E-state index in [4.69, 9.17) is 21.4 Å². The molecule has 1 saturated heterocycles. The smallest absolute Gasteiger partial charge is 0.410 e. The van der Waals surface area contributed by atoms with Crippen LogP contribution in [0.2, 0.25) is 5.28 Å². The van der Waals surface area contributed by atoms with E-state index in [1.807, 2.05) is 31.2 Å². The fourth-order valence-electron chi connectivity index (χ4n) is 3.13. The van der Waals surface area contributed by atoms with Crippen LogP contribution in [0.15, 0.2) is 36.5 Å². The lowest BCUT2D eigenvalue weighted by atomic mass is 10.0. The van der Waals surface area contributed by atoms with Crippen LogP contribution in [-0.4, -0.2) is 45.3 Å². The van der Waals surface area contributed by atoms with Gasteiger partial charge in [-0.15, -0.1) is 0 Å². The number of carbonyl (C=O) groups excluding carboxylic acids is 1. The van der Waals surface area contributed by atoms with Crippen LogP contribution in [0.1, 0.15) is 37.8 Å². The maximum Gasteiger partial charge on any atom is 0.410 e. The number of aliphatic hydroxyl groups excluding tert-OH is 1. The minimum atomic E-state index is -0.293. The minimum absolute atomic E-state index is 0.0793. The third kappa shape index (κ3) is 4.31. The van der Waals surface area contributed by atoms with Gasteiger partial charge in [0.05, 0.1) is 11.7 Å². The van der Waals surface area contributed by atoms with Gasteiger partial charge < -0.3 is 14.7 Å². The number of aliphatic hydroxyl groups is 1. The number of ether oxygens (including phenoxy) is 1. The number of halogens is 1. The summed E-state index contributed by atoms with van der Waals surface area (Å²) in [6.07, 6.45) is 3.38. The number of aromatic nitrogens is 2. The summed E-state index contributed by atoms with van der Waals surface area (Å²) in [5.41, 5.74) is 2.73. The van der Waals surface area contributed by atoms with Crippen LogP contribution in [0.4, 0.5) is 4.79 Å². The van der Waals surface area contributed by atoms with E-state index < -0.39 is 0 Å². The lowest BCUT2D eigenvalue weighted by molar-refractivity contribution is 0.00760. The van der Waals surface area contributed by atoms with Gasteiger partial charge >= 0.3 is 6.09 Å². The number of hydrogen-bond donors (Lipinski definition) is 1. The molecule has 0 saturated carbocycles. The second-order valence-corrected chi connectivity index (χ2v) is 6.70. The van der Waals surface area contributed by atoms with Crippen molar-refractivity contribution in [3.8, 4) is 11.3 Å². The molecule has 2 atom stereocenters. The first kappa shape index (κ1) is 18.6. The summed E-state index contributed by atoms with van der Waals surface area (Å²) < 4.78 is 5.49. The zero-order valence-electron chi connectivity index (χ0n) is 14.6. The zero-order chi connectivity index (χ0) is 18.5. The van der Waals surface area contributed by atoms with Gasteiger partial charge in [0.1, 0.15) is 6.10 Å². The van der Waals surface area contributed by atoms with Crippen molar-refractivity contribution in [1.29, 1.82) is 0 Å². The van der Waals surface area contributed by atoms with Gasteiger partial charge in [-0.2, -0.15) is 0 Å². The first-order valence-corrected chi connectivity index (χ1v) is 9.13. The monoisotopic (exact) mass is 375 g/mol. The Morgan fingerprint density at radius 3 is 2.77 bits per heavy atom. The lowest BCUT2D eigenvalue weighted by Gasteiger charge is -2.35. The summed E-state index contributed by atoms with van der Waals surface area (Å²) in [5.74, 6) is 0. The standard InChI is InChI=1S/C19H22ClN3O3/c1-13(23-11-9-16(3-2-12-24)26-19(23)25)14-4-6-15(7-5-14)17-8-10-21-18(20)22-17/h4-8,10,13,16,24H,2-3,9,11-12H2,1H3/t13-,16+/m0/s1. The van der Waals surface area contributed by atoms with E-state index >= 15 is 0 Å². The second-order valence-electron chi connectivity index (χ2n) is 6.36. The van der Waals surface area contributed by atoms with E-state index in [0.29, 0.717) is 19.4 Å². The average Bonchev–Trinajstić information content (AvgIpc) is 2.66. The van der Waals surface area contributed by atoms with Crippen molar-refractivity contribution >= 4 is 17.7 Å². The number of carbonyl (C=O) groups is 1. The summed E-state index contributed by atoms with van der Waals surface area (Å²) in [6.45, 7) is 2.77. The highest BCUT2D eigenvalue weighted by atomic mass is 35.5. The SMILES string of the molecule is C[C@@H](c1ccc(-c2ccnc(Cl)n2)cc1)N1CC[C@@H](CCCO)OC1=O. The van der Waals surface area contributed by atoms with Crippen LogP contribution in [0.5, 0.6) is 0 Å². The molecular formula is C19H22ClN3O3. The number of nitrogens with zero attached hydrogens (tertiary/aromatic N) is 3. The van der Waals surface area contributed by atoms with Crippen LogP contribution in [0.3, 0.4) is 0 Å². The lowest BCUT2D eigenvalue weighted by Crippen LogP contribution is -2.43. The Balaban J connectivity index is 1.67. The third-order valence-electron chi connectivity index (χ3n) is 4.66. The fraction of sp³-hybridized carbons (Fsp3) is 0.421. The molecule has 2 aromatic rings. The largest absolute Gasteiger partial charge is 0.446 e. The minimum Gasteiger partial charge on any atom is -0.446 e. The molecule has 1 aliphatic rings. The summed E-state index contributed by atoms with van der Waals surface area (Å²) in [7, 11) is 0. The van der Waals surface area contributed by atoms with E-state index in [0.717, 1.165) is 23.2 Å². The molecule has 2 heterocycles. The Labute approximate surface area is 157 Å². The summed E-state index contributed by atoms with van der Waals surface area (Å²) in [4.78, 5) is 22.2. The number of amides is 1. The topological polar surface area (TPSA) is 75.6 Å². The van der Waals surface area contributed by atoms with Gasteiger partial charge in [-0.05, 0) is 43.0 Å². The maximum atomic E-state index is 12.3. The summed E-state index contributed by atoms with van der Waals surface area (Å²) in [5, 5.41) is 9.12. The van der Waals surface area contributed by atoms with Crippen molar-refractivity contribution in [2.45, 2.75) is 38.3 Å². The average molecular weight is 376 g/mol. The van der Waals surface area contributed by atoms with Gasteiger partial charge in [-0.25, -0.2) is 14.8 Å². The number of benzene rings is 1. The number of cyclic esters (lactones) is 1. The molecule has 0 unspecified atom stereocenters. The molecule has 0 radical (unpaired) electrons. The molecule has 1 aliphatic heterocycles. The van der Waals surface area contributed by atoms with E-state index in [1.165, 1.54) is 0 Å². The molecule has 0 spiro atoms. The van der Waals surface area contributed by atoms with Crippen LogP contribution in [-0.2, 0) is 4.74 Å². The Hall–Kier alpha value is -2.18. The van der Waals surface area contributed by atoms with Gasteiger partial charge in [0.15, 0.2) is 0 Å². The van der Waals surface area contributed by atoms with Crippen molar-refractivity contribution in [3.05, 3.63) is 47.4 Å². The highest BCUT2D eigenvalue weighted by Gasteiger charge is 2.30. The molecule has 138 valence electrons. The Morgan fingerprint density at radius 1 is 1.35 bits per heavy atom. The molecule has 6 nitrogen and oxygen atoms in total. The van der Waals surface area contributed by atoms with Gasteiger partial charge in [-0.1, -0.05) is 24.3 Å². The maximum absolute atomic E-state index is 12.3. The molecule has 1 amide bonds. The van der Waals surface area contributed by atoms with Crippen molar-refractivity contribution < 1.29 is 14.6 Å². The van der Waals surface area contributed by atoms with Gasteiger partial charge in [0, 0.05) is 31.3 Å². The fourth-order valence-corrected chi connectivity index (χ4v) is 3.27. The summed E-state index contributed by atoms with van der Waals surface area (Å²) in [6, 6.07) is 9.62. The van der Waals surface area contributed by atoms with E-state index in [-0.39, 0.29) is 30.1 Å². The predicted octanol–water partition coefficient (Wildman–Crippen LogP) is 3.84. The predicted molar refractivity (Wildman–Crippen MR) is 98.8 cm³/mol. The van der Waals surface area contributed by atoms with Crippen molar-refractivity contribution in [2.75, 3.05) is 13.2 Å². The normalized spacial score (nSPS) is 18.5. The first-order valence-electron chi connectivity index (χ1n) is 8.75. The van der Waals surface area contributed by atoms with Crippen molar-refractivity contribution in [2.24, 2.45) is 0 Å². The summed E-state index contributed by atoms with van der Waals surface area (Å²) >= 11 is 5.84. The van der Waals surface area contributed by atoms with E-state index in [9.17, 15) is 4.79 Å². The molecule has 0 aliphatic carbocycles. The quantitative estimate of drug-likeness (QED) is 0.776. The zero-order valence-corrected chi connectivity index (χ0v) is 15.4. The molecule has 0 bridgehead atoms. The van der Waals surface area contributed by atoms with E-state index in [1.54, 1.807) is 17.2 Å². The Morgan fingerprint density at radius 2 is 2.12 bits per heavy atom. The van der Waals surface area contributed by atoms with Gasteiger partial charge in [-0.3, -0.25) is 0 Å². The molecule has 1 N–H and O–H groups in total. The molecule has 1 aromatic carbocycles. The highest BCUT2D eigenvalue weighted by molar-refractivity contribution is 6.28. The van der Waals surface area contributed by atoms with Crippen molar-refractivity contribution in [3.63, 3.8) is 0 Å². The Bertz CT molecular complexity index is 754. The van der Waals surface area contributed by atoms with E-state index in [2.05, 4.69) is 9.97 Å². The van der Waals surface area contributed by atoms with Gasteiger partial charge in [0.2, 0.25) is 5.28 Å². The van der Waals surface area contributed by atoms with Crippen molar-refractivity contribution in [1.82, 2.24) is 14.9 Å². The van der Waals surface area contributed by atoms with Crippen LogP contribution in [0, 0.1) is 0 Å². The Kier molecular flexibility index (Phi) is 6.06. The number of rotatable bonds is 6. The molecule has 1 fully saturated rings. The molecule has 7 heteroatoms. The molecule has 3 rings (SSSR count). The third-order valence-corrected chi connectivity index (χ3v) is 4.84. The highest BCUT2D eigenvalue weighted by Crippen LogP contribution is 2.28. The van der Waals surface area contributed by atoms with Crippen LogP contribution in [0.25, 0.3) is 11.3 Å². The number of hydrogen-bond acceptors (Lipinski definition) is 5. The van der Waals surface area contributed by atoms with Gasteiger partial charge in [0.25, 0.3) is 0 Å². The first-order chi connectivity index (χ1) is 12.6. The molecule has 1 aromatic heterocycles.